The fraction of sp³-hybridized carbons (Fsp3) is 0.188. The summed E-state index contributed by atoms with van der Waals surface area (Å²) in [4.78, 5) is 12.3. The zero-order valence-electron chi connectivity index (χ0n) is 12.4. The molecule has 2 aromatic rings. The lowest BCUT2D eigenvalue weighted by molar-refractivity contribution is 0.102. The Morgan fingerprint density at radius 3 is 2.50 bits per heavy atom. The lowest BCUT2D eigenvalue weighted by Crippen LogP contribution is -2.12. The predicted octanol–water partition coefficient (Wildman–Crippen LogP) is 4.17. The SMILES string of the molecule is COc1cc(C(=O)Nc2ccc(F)c(C)c2)cc(Br)c1OC. The molecule has 1 N–H and O–H groups in total. The molecule has 2 aromatic carbocycles. The van der Waals surface area contributed by atoms with Gasteiger partial charge in [0.25, 0.3) is 5.91 Å². The van der Waals surface area contributed by atoms with Crippen LogP contribution in [0.2, 0.25) is 0 Å². The average Bonchev–Trinajstić information content (AvgIpc) is 2.50. The van der Waals surface area contributed by atoms with E-state index in [1.54, 1.807) is 25.1 Å². The molecular weight excluding hydrogens is 353 g/mol. The first-order valence-corrected chi connectivity index (χ1v) is 7.24. The van der Waals surface area contributed by atoms with Gasteiger partial charge in [-0.2, -0.15) is 0 Å². The van der Waals surface area contributed by atoms with E-state index in [1.807, 2.05) is 0 Å². The van der Waals surface area contributed by atoms with E-state index >= 15 is 0 Å². The zero-order chi connectivity index (χ0) is 16.3. The van der Waals surface area contributed by atoms with Gasteiger partial charge in [0.2, 0.25) is 0 Å². The van der Waals surface area contributed by atoms with Crippen molar-refractivity contribution >= 4 is 27.5 Å². The van der Waals surface area contributed by atoms with Gasteiger partial charge >= 0.3 is 0 Å². The molecule has 0 bridgehead atoms. The molecule has 0 spiro atoms. The van der Waals surface area contributed by atoms with Crippen LogP contribution in [-0.2, 0) is 0 Å². The molecule has 0 aliphatic heterocycles. The van der Waals surface area contributed by atoms with Gasteiger partial charge in [0, 0.05) is 11.3 Å². The summed E-state index contributed by atoms with van der Waals surface area (Å²) in [6.45, 7) is 1.64. The molecule has 0 radical (unpaired) electrons. The molecule has 2 rings (SSSR count). The van der Waals surface area contributed by atoms with Crippen molar-refractivity contribution in [3.05, 3.63) is 51.7 Å². The number of ether oxygens (including phenoxy) is 2. The summed E-state index contributed by atoms with van der Waals surface area (Å²) in [5.41, 5.74) is 1.38. The molecule has 0 heterocycles. The molecule has 4 nitrogen and oxygen atoms in total. The van der Waals surface area contributed by atoms with Gasteiger partial charge in [-0.05, 0) is 58.7 Å². The van der Waals surface area contributed by atoms with Crippen molar-refractivity contribution in [2.75, 3.05) is 19.5 Å². The molecule has 0 aliphatic rings. The van der Waals surface area contributed by atoms with Crippen LogP contribution < -0.4 is 14.8 Å². The minimum atomic E-state index is -0.326. The van der Waals surface area contributed by atoms with Gasteiger partial charge in [-0.25, -0.2) is 4.39 Å². The Kier molecular flexibility index (Phi) is 5.03. The van der Waals surface area contributed by atoms with Gasteiger partial charge in [0.05, 0.1) is 18.7 Å². The van der Waals surface area contributed by atoms with Crippen molar-refractivity contribution in [1.29, 1.82) is 0 Å². The third-order valence-electron chi connectivity index (χ3n) is 3.11. The second kappa shape index (κ2) is 6.79. The van der Waals surface area contributed by atoms with E-state index in [0.29, 0.717) is 32.8 Å². The van der Waals surface area contributed by atoms with Gasteiger partial charge in [-0.15, -0.1) is 0 Å². The van der Waals surface area contributed by atoms with Crippen LogP contribution in [0, 0.1) is 12.7 Å². The molecule has 6 heteroatoms. The second-order valence-corrected chi connectivity index (χ2v) is 5.47. The topological polar surface area (TPSA) is 47.6 Å². The maximum Gasteiger partial charge on any atom is 0.255 e. The monoisotopic (exact) mass is 367 g/mol. The molecule has 0 saturated heterocycles. The van der Waals surface area contributed by atoms with Gasteiger partial charge in [0.1, 0.15) is 5.82 Å². The highest BCUT2D eigenvalue weighted by Gasteiger charge is 2.15. The minimum Gasteiger partial charge on any atom is -0.493 e. The fourth-order valence-electron chi connectivity index (χ4n) is 1.97. The number of anilines is 1. The first kappa shape index (κ1) is 16.3. The third kappa shape index (κ3) is 3.39. The van der Waals surface area contributed by atoms with Crippen LogP contribution >= 0.6 is 15.9 Å². The highest BCUT2D eigenvalue weighted by molar-refractivity contribution is 9.10. The normalized spacial score (nSPS) is 10.2. The molecule has 116 valence electrons. The van der Waals surface area contributed by atoms with Gasteiger partial charge in [-0.3, -0.25) is 4.79 Å². The number of nitrogens with one attached hydrogen (secondary N) is 1. The van der Waals surface area contributed by atoms with Crippen molar-refractivity contribution < 1.29 is 18.7 Å². The Hall–Kier alpha value is -2.08. The number of rotatable bonds is 4. The minimum absolute atomic E-state index is 0.313. The van der Waals surface area contributed by atoms with E-state index in [4.69, 9.17) is 9.47 Å². The highest BCUT2D eigenvalue weighted by atomic mass is 79.9. The maximum absolute atomic E-state index is 13.2. The van der Waals surface area contributed by atoms with Crippen LogP contribution in [0.5, 0.6) is 11.5 Å². The largest absolute Gasteiger partial charge is 0.493 e. The Morgan fingerprint density at radius 1 is 1.18 bits per heavy atom. The molecular formula is C16H15BrFNO3. The Bertz CT molecular complexity index is 719. The number of hydrogen-bond acceptors (Lipinski definition) is 3. The van der Waals surface area contributed by atoms with Crippen LogP contribution in [0.3, 0.4) is 0 Å². The molecule has 22 heavy (non-hydrogen) atoms. The molecule has 0 aliphatic carbocycles. The van der Waals surface area contributed by atoms with Crippen LogP contribution in [0.25, 0.3) is 0 Å². The second-order valence-electron chi connectivity index (χ2n) is 4.61. The van der Waals surface area contributed by atoms with E-state index < -0.39 is 0 Å². The number of methoxy groups -OCH3 is 2. The molecule has 0 aromatic heterocycles. The zero-order valence-corrected chi connectivity index (χ0v) is 14.0. The van der Waals surface area contributed by atoms with Crippen LogP contribution in [0.15, 0.2) is 34.8 Å². The summed E-state index contributed by atoms with van der Waals surface area (Å²) >= 11 is 3.34. The number of benzene rings is 2. The number of hydrogen-bond donors (Lipinski definition) is 1. The number of carbonyl (C=O) groups is 1. The van der Waals surface area contributed by atoms with Crippen molar-refractivity contribution in [2.45, 2.75) is 6.92 Å². The van der Waals surface area contributed by atoms with Gasteiger partial charge < -0.3 is 14.8 Å². The van der Waals surface area contributed by atoms with Crippen molar-refractivity contribution in [1.82, 2.24) is 0 Å². The van der Waals surface area contributed by atoms with E-state index in [-0.39, 0.29) is 11.7 Å². The summed E-state index contributed by atoms with van der Waals surface area (Å²) in [6.07, 6.45) is 0. The quantitative estimate of drug-likeness (QED) is 0.882. The molecule has 0 saturated carbocycles. The number of amides is 1. The maximum atomic E-state index is 13.2. The summed E-state index contributed by atoms with van der Waals surface area (Å²) in [5, 5.41) is 2.72. The standard InChI is InChI=1S/C16H15BrFNO3/c1-9-6-11(4-5-13(9)18)19-16(20)10-7-12(17)15(22-3)14(8-10)21-2/h4-8H,1-3H3,(H,19,20). The molecule has 1 amide bonds. The van der Waals surface area contributed by atoms with Crippen molar-refractivity contribution in [2.24, 2.45) is 0 Å². The summed E-state index contributed by atoms with van der Waals surface area (Å²) < 4.78 is 24.3. The van der Waals surface area contributed by atoms with Crippen LogP contribution in [-0.4, -0.2) is 20.1 Å². The fourth-order valence-corrected chi connectivity index (χ4v) is 2.58. The van der Waals surface area contributed by atoms with E-state index in [0.717, 1.165) is 0 Å². The van der Waals surface area contributed by atoms with E-state index in [9.17, 15) is 9.18 Å². The van der Waals surface area contributed by atoms with Crippen LogP contribution in [0.1, 0.15) is 15.9 Å². The molecule has 0 unspecified atom stereocenters. The van der Waals surface area contributed by atoms with E-state index in [1.165, 1.54) is 26.4 Å². The Labute approximate surface area is 136 Å². The first-order chi connectivity index (χ1) is 10.5. The van der Waals surface area contributed by atoms with Gasteiger partial charge in [0.15, 0.2) is 11.5 Å². The van der Waals surface area contributed by atoms with Gasteiger partial charge in [-0.1, -0.05) is 0 Å². The smallest absolute Gasteiger partial charge is 0.255 e. The van der Waals surface area contributed by atoms with Crippen molar-refractivity contribution in [3.8, 4) is 11.5 Å². The highest BCUT2D eigenvalue weighted by Crippen LogP contribution is 2.36. The Balaban J connectivity index is 2.29. The predicted molar refractivity (Wildman–Crippen MR) is 86.3 cm³/mol. The number of halogens is 2. The number of aryl methyl sites for hydroxylation is 1. The lowest BCUT2D eigenvalue weighted by Gasteiger charge is -2.12. The third-order valence-corrected chi connectivity index (χ3v) is 3.70. The lowest BCUT2D eigenvalue weighted by atomic mass is 10.1. The number of carbonyl (C=O) groups excluding carboxylic acids is 1. The average molecular weight is 368 g/mol. The van der Waals surface area contributed by atoms with E-state index in [2.05, 4.69) is 21.2 Å². The first-order valence-electron chi connectivity index (χ1n) is 6.45. The summed E-state index contributed by atoms with van der Waals surface area (Å²) in [5.74, 6) is 0.313. The summed E-state index contributed by atoms with van der Waals surface area (Å²) in [6, 6.07) is 7.61. The summed E-state index contributed by atoms with van der Waals surface area (Å²) in [7, 11) is 3.01. The van der Waals surface area contributed by atoms with Crippen molar-refractivity contribution in [3.63, 3.8) is 0 Å². The Morgan fingerprint density at radius 2 is 1.91 bits per heavy atom. The molecule has 0 atom stereocenters. The van der Waals surface area contributed by atoms with Crippen LogP contribution in [0.4, 0.5) is 10.1 Å². The molecule has 0 fully saturated rings.